The first-order valence-corrected chi connectivity index (χ1v) is 14.0. The van der Waals surface area contributed by atoms with Crippen LogP contribution in [0, 0.1) is 0 Å². The number of rotatable bonds is 2. The maximum absolute atomic E-state index is 6.43. The van der Waals surface area contributed by atoms with Crippen molar-refractivity contribution in [3.63, 3.8) is 0 Å². The average molecular weight is 336 g/mol. The molecule has 2 atom stereocenters. The molecule has 0 saturated carbocycles. The lowest BCUT2D eigenvalue weighted by Gasteiger charge is -2.31. The molecular formula is C20H23OSi2. The maximum Gasteiger partial charge on any atom is 0.134 e. The Kier molecular flexibility index (Phi) is 3.39. The largest absolute Gasteiger partial charge is 0.461 e. The Morgan fingerprint density at radius 1 is 0.913 bits per heavy atom. The third kappa shape index (κ3) is 2.10. The van der Waals surface area contributed by atoms with Crippen LogP contribution in [0.1, 0.15) is 22.4 Å². The average Bonchev–Trinajstić information content (AvgIpc) is 3.01. The van der Waals surface area contributed by atoms with Crippen molar-refractivity contribution in [3.05, 3.63) is 65.9 Å². The summed E-state index contributed by atoms with van der Waals surface area (Å²) in [4.78, 5) is 0. The van der Waals surface area contributed by atoms with Crippen molar-refractivity contribution >= 4 is 33.0 Å². The Labute approximate surface area is 141 Å². The second-order valence-electron chi connectivity index (χ2n) is 7.50. The Hall–Kier alpha value is -1.59. The van der Waals surface area contributed by atoms with Crippen molar-refractivity contribution in [1.29, 1.82) is 0 Å². The zero-order valence-electron chi connectivity index (χ0n) is 14.3. The SMILES string of the molecule is C[Si](C)[C@@H]1c2oc3ccccc3c2[Si](C)(C)[C@H]1c1ccccc1. The second-order valence-corrected chi connectivity index (χ2v) is 14.8. The van der Waals surface area contributed by atoms with Gasteiger partial charge in [0.05, 0.1) is 16.9 Å². The quantitative estimate of drug-likeness (QED) is 0.596. The Morgan fingerprint density at radius 2 is 1.57 bits per heavy atom. The molecule has 0 bridgehead atoms. The van der Waals surface area contributed by atoms with Gasteiger partial charge in [-0.25, -0.2) is 0 Å². The van der Waals surface area contributed by atoms with E-state index < -0.39 is 16.9 Å². The molecule has 117 valence electrons. The lowest BCUT2D eigenvalue weighted by atomic mass is 10.1. The summed E-state index contributed by atoms with van der Waals surface area (Å²) in [7, 11) is -2.13. The molecule has 2 aromatic carbocycles. The molecule has 1 radical (unpaired) electrons. The molecule has 0 fully saturated rings. The molecule has 3 heteroatoms. The molecule has 2 heterocycles. The van der Waals surface area contributed by atoms with Crippen molar-refractivity contribution in [2.24, 2.45) is 0 Å². The van der Waals surface area contributed by atoms with E-state index in [2.05, 4.69) is 80.8 Å². The molecule has 1 aromatic heterocycles. The highest BCUT2D eigenvalue weighted by Gasteiger charge is 2.52. The first-order valence-electron chi connectivity index (χ1n) is 8.38. The van der Waals surface area contributed by atoms with Gasteiger partial charge < -0.3 is 4.42 Å². The van der Waals surface area contributed by atoms with Gasteiger partial charge in [-0.2, -0.15) is 0 Å². The van der Waals surface area contributed by atoms with E-state index in [0.29, 0.717) is 11.1 Å². The number of para-hydroxylation sites is 1. The molecule has 1 nitrogen and oxygen atoms in total. The molecule has 23 heavy (non-hydrogen) atoms. The Balaban J connectivity index is 1.99. The van der Waals surface area contributed by atoms with Crippen LogP contribution < -0.4 is 5.19 Å². The van der Waals surface area contributed by atoms with Gasteiger partial charge in [0.1, 0.15) is 11.3 Å². The summed E-state index contributed by atoms with van der Waals surface area (Å²) < 4.78 is 6.43. The van der Waals surface area contributed by atoms with Crippen molar-refractivity contribution in [2.75, 3.05) is 0 Å². The van der Waals surface area contributed by atoms with Gasteiger partial charge in [-0.15, -0.1) is 0 Å². The monoisotopic (exact) mass is 335 g/mol. The number of benzene rings is 2. The van der Waals surface area contributed by atoms with Crippen LogP contribution >= 0.6 is 0 Å². The summed E-state index contributed by atoms with van der Waals surface area (Å²) in [6.07, 6.45) is 0. The van der Waals surface area contributed by atoms with E-state index in [-0.39, 0.29) is 0 Å². The fourth-order valence-electron chi connectivity index (χ4n) is 4.54. The summed E-state index contributed by atoms with van der Waals surface area (Å²) in [5.41, 5.74) is 3.83. The molecule has 3 aromatic rings. The summed E-state index contributed by atoms with van der Waals surface area (Å²) in [6.45, 7) is 9.96. The highest BCUT2D eigenvalue weighted by Crippen LogP contribution is 2.49. The maximum atomic E-state index is 6.43. The van der Waals surface area contributed by atoms with Gasteiger partial charge in [0, 0.05) is 10.9 Å². The van der Waals surface area contributed by atoms with Crippen LogP contribution in [0.25, 0.3) is 11.0 Å². The molecule has 1 aliphatic heterocycles. The van der Waals surface area contributed by atoms with Gasteiger partial charge in [-0.1, -0.05) is 74.7 Å². The zero-order valence-corrected chi connectivity index (χ0v) is 16.3. The first kappa shape index (κ1) is 15.0. The smallest absolute Gasteiger partial charge is 0.134 e. The topological polar surface area (TPSA) is 13.1 Å². The molecule has 0 N–H and O–H groups in total. The van der Waals surface area contributed by atoms with Crippen LogP contribution in [-0.2, 0) is 0 Å². The van der Waals surface area contributed by atoms with E-state index in [1.807, 2.05) is 0 Å². The van der Waals surface area contributed by atoms with Crippen LogP contribution in [0.2, 0.25) is 26.2 Å². The molecule has 0 unspecified atom stereocenters. The summed E-state index contributed by atoms with van der Waals surface area (Å²) in [5.74, 6) is 1.32. The van der Waals surface area contributed by atoms with Gasteiger partial charge in [0.25, 0.3) is 0 Å². The van der Waals surface area contributed by atoms with Crippen LogP contribution in [0.5, 0.6) is 0 Å². The minimum Gasteiger partial charge on any atom is -0.461 e. The van der Waals surface area contributed by atoms with Gasteiger partial charge in [0.15, 0.2) is 0 Å². The van der Waals surface area contributed by atoms with Crippen LogP contribution in [-0.4, -0.2) is 16.9 Å². The van der Waals surface area contributed by atoms with Gasteiger partial charge in [0.2, 0.25) is 0 Å². The summed E-state index contributed by atoms with van der Waals surface area (Å²) in [5, 5.41) is 2.95. The number of hydrogen-bond acceptors (Lipinski definition) is 1. The third-order valence-electron chi connectivity index (χ3n) is 5.44. The highest BCUT2D eigenvalue weighted by molar-refractivity contribution is 6.95. The fraction of sp³-hybridized carbons (Fsp3) is 0.300. The normalized spacial score (nSPS) is 22.7. The van der Waals surface area contributed by atoms with Crippen molar-refractivity contribution in [2.45, 2.75) is 37.3 Å². The van der Waals surface area contributed by atoms with Gasteiger partial charge in [-0.3, -0.25) is 0 Å². The van der Waals surface area contributed by atoms with Crippen molar-refractivity contribution < 1.29 is 4.42 Å². The minimum absolute atomic E-state index is 0.496. The molecule has 0 aliphatic carbocycles. The predicted octanol–water partition coefficient (Wildman–Crippen LogP) is 5.06. The fourth-order valence-corrected chi connectivity index (χ4v) is 12.6. The summed E-state index contributed by atoms with van der Waals surface area (Å²) in [6, 6.07) is 19.8. The standard InChI is InChI=1S/C20H23OSi2/c1-22(2)18-17-20(15-12-8-9-13-16(15)21-17)23(3,4)19(18)14-10-6-5-7-11-14/h5-13,18-19H,1-4H3/t18-,19+/m1/s1. The lowest BCUT2D eigenvalue weighted by molar-refractivity contribution is 0.541. The number of fused-ring (bicyclic) bond motifs is 3. The van der Waals surface area contributed by atoms with Crippen LogP contribution in [0.4, 0.5) is 0 Å². The van der Waals surface area contributed by atoms with Crippen LogP contribution in [0.3, 0.4) is 0 Å². The highest BCUT2D eigenvalue weighted by atomic mass is 28.3. The van der Waals surface area contributed by atoms with Crippen molar-refractivity contribution in [3.8, 4) is 0 Å². The van der Waals surface area contributed by atoms with Gasteiger partial charge in [-0.05, 0) is 22.4 Å². The van der Waals surface area contributed by atoms with E-state index in [0.717, 1.165) is 5.58 Å². The second kappa shape index (κ2) is 5.21. The van der Waals surface area contributed by atoms with E-state index in [9.17, 15) is 0 Å². The minimum atomic E-state index is -1.64. The van der Waals surface area contributed by atoms with E-state index in [1.165, 1.54) is 16.7 Å². The van der Waals surface area contributed by atoms with E-state index in [1.54, 1.807) is 5.19 Å². The van der Waals surface area contributed by atoms with E-state index in [4.69, 9.17) is 4.42 Å². The molecule has 0 spiro atoms. The zero-order chi connectivity index (χ0) is 16.2. The lowest BCUT2D eigenvalue weighted by Crippen LogP contribution is -2.44. The molecule has 1 aliphatic rings. The molecule has 0 saturated heterocycles. The van der Waals surface area contributed by atoms with Gasteiger partial charge >= 0.3 is 0 Å². The number of hydrogen-bond donors (Lipinski definition) is 0. The van der Waals surface area contributed by atoms with Crippen molar-refractivity contribution in [1.82, 2.24) is 0 Å². The molecular weight excluding hydrogens is 312 g/mol. The Morgan fingerprint density at radius 3 is 2.26 bits per heavy atom. The van der Waals surface area contributed by atoms with E-state index >= 15 is 0 Å². The molecule has 0 amide bonds. The molecule has 4 rings (SSSR count). The third-order valence-corrected chi connectivity index (χ3v) is 11.6. The van der Waals surface area contributed by atoms with Crippen LogP contribution in [0.15, 0.2) is 59.0 Å². The Bertz CT molecular complexity index is 848. The number of furan rings is 1. The summed E-state index contributed by atoms with van der Waals surface area (Å²) >= 11 is 0. The predicted molar refractivity (Wildman–Crippen MR) is 103 cm³/mol. The first-order chi connectivity index (χ1) is 11.0.